The van der Waals surface area contributed by atoms with Crippen molar-refractivity contribution >= 4 is 21.6 Å². The molecule has 2 heterocycles. The molecule has 0 atom stereocenters. The third kappa shape index (κ3) is 3.84. The van der Waals surface area contributed by atoms with Crippen molar-refractivity contribution in [1.82, 2.24) is 9.88 Å². The number of rotatable bonds is 3. The van der Waals surface area contributed by atoms with Gasteiger partial charge in [0.25, 0.3) is 0 Å². The Morgan fingerprint density at radius 2 is 1.69 bits per heavy atom. The topological polar surface area (TPSA) is 16.1 Å². The molecular formula is C23H28N2S. The summed E-state index contributed by atoms with van der Waals surface area (Å²) < 4.78 is 1.32. The van der Waals surface area contributed by atoms with Crippen LogP contribution in [-0.4, -0.2) is 23.0 Å². The number of para-hydroxylation sites is 1. The van der Waals surface area contributed by atoms with E-state index in [9.17, 15) is 0 Å². The molecule has 1 aliphatic heterocycles. The maximum atomic E-state index is 4.88. The number of benzene rings is 2. The highest BCUT2D eigenvalue weighted by atomic mass is 32.1. The van der Waals surface area contributed by atoms with Crippen LogP contribution in [0.25, 0.3) is 10.2 Å². The highest BCUT2D eigenvalue weighted by Gasteiger charge is 2.23. The fourth-order valence-corrected chi connectivity index (χ4v) is 4.91. The quantitative estimate of drug-likeness (QED) is 0.569. The van der Waals surface area contributed by atoms with Gasteiger partial charge in [0.15, 0.2) is 0 Å². The van der Waals surface area contributed by atoms with Crippen LogP contribution in [0.5, 0.6) is 0 Å². The van der Waals surface area contributed by atoms with Crippen molar-refractivity contribution in [3.05, 3.63) is 64.7 Å². The number of likely N-dealkylation sites (tertiary alicyclic amines) is 1. The van der Waals surface area contributed by atoms with E-state index in [-0.39, 0.29) is 5.41 Å². The van der Waals surface area contributed by atoms with E-state index in [1.165, 1.54) is 46.8 Å². The van der Waals surface area contributed by atoms with E-state index in [4.69, 9.17) is 4.98 Å². The number of fused-ring (bicyclic) bond motifs is 1. The van der Waals surface area contributed by atoms with Gasteiger partial charge in [-0.15, -0.1) is 11.3 Å². The summed E-state index contributed by atoms with van der Waals surface area (Å²) in [6.45, 7) is 10.2. The van der Waals surface area contributed by atoms with Crippen molar-refractivity contribution in [2.75, 3.05) is 13.1 Å². The van der Waals surface area contributed by atoms with Crippen molar-refractivity contribution in [2.24, 2.45) is 0 Å². The Labute approximate surface area is 160 Å². The van der Waals surface area contributed by atoms with E-state index < -0.39 is 0 Å². The second-order valence-electron chi connectivity index (χ2n) is 8.52. The summed E-state index contributed by atoms with van der Waals surface area (Å²) in [5, 5.41) is 1.33. The minimum absolute atomic E-state index is 0.230. The molecule has 2 nitrogen and oxygen atoms in total. The molecule has 0 saturated carbocycles. The van der Waals surface area contributed by atoms with Crippen LogP contribution in [0.15, 0.2) is 48.5 Å². The van der Waals surface area contributed by atoms with Gasteiger partial charge in [-0.3, -0.25) is 4.90 Å². The monoisotopic (exact) mass is 364 g/mol. The molecule has 3 heteroatoms. The van der Waals surface area contributed by atoms with Crippen molar-refractivity contribution in [2.45, 2.75) is 51.5 Å². The fourth-order valence-electron chi connectivity index (χ4n) is 3.77. The van der Waals surface area contributed by atoms with Gasteiger partial charge in [-0.2, -0.15) is 0 Å². The van der Waals surface area contributed by atoms with Crippen LogP contribution < -0.4 is 0 Å². The Balaban J connectivity index is 1.36. The third-order valence-electron chi connectivity index (χ3n) is 5.47. The molecule has 0 amide bonds. The Hall–Kier alpha value is -1.71. The van der Waals surface area contributed by atoms with Crippen LogP contribution in [-0.2, 0) is 12.0 Å². The van der Waals surface area contributed by atoms with Crippen LogP contribution in [0.4, 0.5) is 0 Å². The zero-order valence-corrected chi connectivity index (χ0v) is 16.9. The molecule has 1 aromatic heterocycles. The number of hydrogen-bond acceptors (Lipinski definition) is 3. The van der Waals surface area contributed by atoms with Gasteiger partial charge in [-0.05, 0) is 54.6 Å². The molecule has 0 bridgehead atoms. The van der Waals surface area contributed by atoms with Crippen molar-refractivity contribution in [3.8, 4) is 0 Å². The molecule has 0 radical (unpaired) electrons. The first kappa shape index (κ1) is 17.7. The highest BCUT2D eigenvalue weighted by Crippen LogP contribution is 2.34. The molecule has 1 aliphatic rings. The summed E-state index contributed by atoms with van der Waals surface area (Å²) in [5.74, 6) is 0.631. The van der Waals surface area contributed by atoms with Gasteiger partial charge in [-0.1, -0.05) is 57.2 Å². The minimum atomic E-state index is 0.230. The van der Waals surface area contributed by atoms with E-state index in [1.54, 1.807) is 0 Å². The number of hydrogen-bond donors (Lipinski definition) is 0. The maximum Gasteiger partial charge on any atom is 0.0970 e. The second kappa shape index (κ2) is 7.13. The second-order valence-corrected chi connectivity index (χ2v) is 9.58. The third-order valence-corrected chi connectivity index (χ3v) is 6.67. The molecule has 136 valence electrons. The maximum absolute atomic E-state index is 4.88. The summed E-state index contributed by atoms with van der Waals surface area (Å²) in [5.41, 5.74) is 4.23. The lowest BCUT2D eigenvalue weighted by molar-refractivity contribution is 0.204. The normalized spacial score (nSPS) is 17.0. The van der Waals surface area contributed by atoms with E-state index in [2.05, 4.69) is 74.2 Å². The fraction of sp³-hybridized carbons (Fsp3) is 0.435. The van der Waals surface area contributed by atoms with Gasteiger partial charge >= 0.3 is 0 Å². The molecule has 4 rings (SSSR count). The van der Waals surface area contributed by atoms with Crippen LogP contribution in [0, 0.1) is 0 Å². The predicted molar refractivity (Wildman–Crippen MR) is 112 cm³/mol. The molecular weight excluding hydrogens is 336 g/mol. The number of aromatic nitrogens is 1. The number of nitrogens with zero attached hydrogens (tertiary/aromatic N) is 2. The summed E-state index contributed by atoms with van der Waals surface area (Å²) in [6, 6.07) is 17.7. The van der Waals surface area contributed by atoms with Gasteiger partial charge < -0.3 is 0 Å². The Bertz CT molecular complexity index is 832. The van der Waals surface area contributed by atoms with E-state index in [0.717, 1.165) is 12.1 Å². The van der Waals surface area contributed by atoms with E-state index >= 15 is 0 Å². The SMILES string of the molecule is CC(C)(C)c1ccc(CN2CCC(c3nc4ccccc4s3)CC2)cc1. The summed E-state index contributed by atoms with van der Waals surface area (Å²) >= 11 is 1.88. The van der Waals surface area contributed by atoms with Gasteiger partial charge in [-0.25, -0.2) is 4.98 Å². The molecule has 0 aliphatic carbocycles. The first-order valence-corrected chi connectivity index (χ1v) is 10.5. The van der Waals surface area contributed by atoms with Crippen molar-refractivity contribution in [1.29, 1.82) is 0 Å². The molecule has 0 N–H and O–H groups in total. The molecule has 0 spiro atoms. The molecule has 0 unspecified atom stereocenters. The summed E-state index contributed by atoms with van der Waals surface area (Å²) in [7, 11) is 0. The average molecular weight is 365 g/mol. The molecule has 1 fully saturated rings. The van der Waals surface area contributed by atoms with Crippen LogP contribution >= 0.6 is 11.3 Å². The molecule has 2 aromatic carbocycles. The van der Waals surface area contributed by atoms with Gasteiger partial charge in [0.05, 0.1) is 15.2 Å². The standard InChI is InChI=1S/C23H28N2S/c1-23(2,3)19-10-8-17(9-11-19)16-25-14-12-18(13-15-25)22-24-20-6-4-5-7-21(20)26-22/h4-11,18H,12-16H2,1-3H3. The summed E-state index contributed by atoms with van der Waals surface area (Å²) in [6.07, 6.45) is 2.44. The zero-order valence-electron chi connectivity index (χ0n) is 16.0. The minimum Gasteiger partial charge on any atom is -0.299 e. The van der Waals surface area contributed by atoms with Gasteiger partial charge in [0.2, 0.25) is 0 Å². The number of piperidine rings is 1. The Morgan fingerprint density at radius 3 is 2.35 bits per heavy atom. The lowest BCUT2D eigenvalue weighted by Gasteiger charge is -2.31. The first-order chi connectivity index (χ1) is 12.5. The Morgan fingerprint density at radius 1 is 1.00 bits per heavy atom. The van der Waals surface area contributed by atoms with E-state index in [0.29, 0.717) is 5.92 Å². The lowest BCUT2D eigenvalue weighted by atomic mass is 9.86. The average Bonchev–Trinajstić information content (AvgIpc) is 3.06. The molecule has 26 heavy (non-hydrogen) atoms. The zero-order chi connectivity index (χ0) is 18.1. The van der Waals surface area contributed by atoms with Crippen LogP contribution in [0.3, 0.4) is 0 Å². The van der Waals surface area contributed by atoms with Crippen LogP contribution in [0.2, 0.25) is 0 Å². The summed E-state index contributed by atoms with van der Waals surface area (Å²) in [4.78, 5) is 7.47. The molecule has 3 aromatic rings. The largest absolute Gasteiger partial charge is 0.299 e. The first-order valence-electron chi connectivity index (χ1n) is 9.66. The van der Waals surface area contributed by atoms with E-state index in [1.807, 2.05) is 11.3 Å². The van der Waals surface area contributed by atoms with Crippen LogP contribution in [0.1, 0.15) is 55.7 Å². The smallest absolute Gasteiger partial charge is 0.0970 e. The number of thiazole rings is 1. The van der Waals surface area contributed by atoms with Crippen molar-refractivity contribution < 1.29 is 0 Å². The molecule has 1 saturated heterocycles. The van der Waals surface area contributed by atoms with Crippen molar-refractivity contribution in [3.63, 3.8) is 0 Å². The lowest BCUT2D eigenvalue weighted by Crippen LogP contribution is -2.32. The Kier molecular flexibility index (Phi) is 4.85. The van der Waals surface area contributed by atoms with Gasteiger partial charge in [0, 0.05) is 12.5 Å². The predicted octanol–water partition coefficient (Wildman–Crippen LogP) is 5.97. The van der Waals surface area contributed by atoms with Gasteiger partial charge in [0.1, 0.15) is 0 Å². The highest BCUT2D eigenvalue weighted by molar-refractivity contribution is 7.18.